The Morgan fingerprint density at radius 1 is 1.86 bits per heavy atom. The van der Waals surface area contributed by atoms with Crippen LogP contribution in [0.25, 0.3) is 0 Å². The van der Waals surface area contributed by atoms with Crippen LogP contribution in [0.15, 0.2) is 0 Å². The fourth-order valence-corrected chi connectivity index (χ4v) is 1.36. The molecular weight excluding hydrogens is 104 g/mol. The van der Waals surface area contributed by atoms with Gasteiger partial charge in [0.15, 0.2) is 0 Å². The fourth-order valence-electron chi connectivity index (χ4n) is 0.763. The lowest BCUT2D eigenvalue weighted by atomic mass is 10.1. The van der Waals surface area contributed by atoms with Crippen molar-refractivity contribution in [3.63, 3.8) is 0 Å². The Kier molecular flexibility index (Phi) is 1.11. The summed E-state index contributed by atoms with van der Waals surface area (Å²) in [6, 6.07) is 0. The molecular formula is C6H12S. The summed E-state index contributed by atoms with van der Waals surface area (Å²) >= 11 is 4.34. The Balaban J connectivity index is 2.36. The van der Waals surface area contributed by atoms with Gasteiger partial charge in [0.25, 0.3) is 0 Å². The van der Waals surface area contributed by atoms with Crippen LogP contribution in [0.4, 0.5) is 0 Å². The van der Waals surface area contributed by atoms with E-state index in [1.807, 2.05) is 0 Å². The highest BCUT2D eigenvalue weighted by Crippen LogP contribution is 2.51. The Bertz CT molecular complexity index is 76.2. The van der Waals surface area contributed by atoms with E-state index in [0.717, 1.165) is 0 Å². The summed E-state index contributed by atoms with van der Waals surface area (Å²) in [6.45, 7) is 4.53. The van der Waals surface area contributed by atoms with Gasteiger partial charge in [0.05, 0.1) is 0 Å². The Labute approximate surface area is 50.7 Å². The van der Waals surface area contributed by atoms with Gasteiger partial charge in [-0.1, -0.05) is 13.8 Å². The van der Waals surface area contributed by atoms with E-state index in [1.54, 1.807) is 0 Å². The maximum Gasteiger partial charge on any atom is 0.00765 e. The molecule has 0 bridgehead atoms. The molecule has 1 rings (SSSR count). The highest BCUT2D eigenvalue weighted by molar-refractivity contribution is 7.81. The quantitative estimate of drug-likeness (QED) is 0.498. The van der Waals surface area contributed by atoms with E-state index in [0.29, 0.717) is 10.7 Å². The van der Waals surface area contributed by atoms with Crippen molar-refractivity contribution in [2.24, 2.45) is 5.41 Å². The second kappa shape index (κ2) is 1.41. The average Bonchev–Trinajstić information content (AvgIpc) is 2.18. The van der Waals surface area contributed by atoms with Gasteiger partial charge in [-0.3, -0.25) is 0 Å². The molecule has 0 aromatic heterocycles. The van der Waals surface area contributed by atoms with Crippen LogP contribution < -0.4 is 0 Å². The SMILES string of the molecule is CCC1(C)CC1S. The van der Waals surface area contributed by atoms with Gasteiger partial charge in [-0.25, -0.2) is 0 Å². The predicted molar refractivity (Wildman–Crippen MR) is 35.8 cm³/mol. The van der Waals surface area contributed by atoms with Gasteiger partial charge >= 0.3 is 0 Å². The monoisotopic (exact) mass is 116 g/mol. The maximum absolute atomic E-state index is 4.34. The average molecular weight is 116 g/mol. The van der Waals surface area contributed by atoms with Gasteiger partial charge in [-0.2, -0.15) is 12.6 Å². The zero-order valence-electron chi connectivity index (χ0n) is 4.94. The summed E-state index contributed by atoms with van der Waals surface area (Å²) in [4.78, 5) is 0. The standard InChI is InChI=1S/C6H12S/c1-3-6(2)4-5(6)7/h5,7H,3-4H2,1-2H3. The van der Waals surface area contributed by atoms with Crippen molar-refractivity contribution in [3.05, 3.63) is 0 Å². The Hall–Kier alpha value is 0.350. The molecule has 0 nitrogen and oxygen atoms in total. The molecule has 0 aromatic rings. The van der Waals surface area contributed by atoms with Crippen LogP contribution in [0.2, 0.25) is 0 Å². The second-order valence-electron chi connectivity index (χ2n) is 2.73. The van der Waals surface area contributed by atoms with Crippen molar-refractivity contribution < 1.29 is 0 Å². The minimum absolute atomic E-state index is 0.614. The highest BCUT2D eigenvalue weighted by atomic mass is 32.1. The van der Waals surface area contributed by atoms with Gasteiger partial charge < -0.3 is 0 Å². The molecule has 0 radical (unpaired) electrons. The molecule has 0 heterocycles. The lowest BCUT2D eigenvalue weighted by molar-refractivity contribution is 0.555. The lowest BCUT2D eigenvalue weighted by Crippen LogP contribution is -1.92. The molecule has 0 N–H and O–H groups in total. The molecule has 1 fully saturated rings. The van der Waals surface area contributed by atoms with E-state index < -0.39 is 0 Å². The van der Waals surface area contributed by atoms with Crippen molar-refractivity contribution in [2.45, 2.75) is 31.9 Å². The summed E-state index contributed by atoms with van der Waals surface area (Å²) in [6.07, 6.45) is 2.62. The third kappa shape index (κ3) is 0.788. The molecule has 1 aliphatic carbocycles. The molecule has 0 amide bonds. The summed E-state index contributed by atoms with van der Waals surface area (Å²) in [5.74, 6) is 0. The molecule has 42 valence electrons. The van der Waals surface area contributed by atoms with Crippen LogP contribution in [0.1, 0.15) is 26.7 Å². The Morgan fingerprint density at radius 2 is 2.29 bits per heavy atom. The van der Waals surface area contributed by atoms with Crippen LogP contribution in [0.3, 0.4) is 0 Å². The largest absolute Gasteiger partial charge is 0.175 e. The van der Waals surface area contributed by atoms with E-state index in [2.05, 4.69) is 26.5 Å². The molecule has 2 unspecified atom stereocenters. The summed E-state index contributed by atoms with van der Waals surface area (Å²) < 4.78 is 0. The first-order valence-electron chi connectivity index (χ1n) is 2.87. The zero-order chi connectivity index (χ0) is 5.49. The van der Waals surface area contributed by atoms with Crippen LogP contribution in [0, 0.1) is 5.41 Å². The molecule has 1 aliphatic rings. The van der Waals surface area contributed by atoms with E-state index in [4.69, 9.17) is 0 Å². The molecule has 0 aliphatic heterocycles. The van der Waals surface area contributed by atoms with E-state index in [-0.39, 0.29) is 0 Å². The zero-order valence-corrected chi connectivity index (χ0v) is 5.83. The lowest BCUT2D eigenvalue weighted by Gasteiger charge is -2.00. The summed E-state index contributed by atoms with van der Waals surface area (Å²) in [5, 5.41) is 0.706. The summed E-state index contributed by atoms with van der Waals surface area (Å²) in [5.41, 5.74) is 0.614. The topological polar surface area (TPSA) is 0 Å². The number of hydrogen-bond donors (Lipinski definition) is 1. The molecule has 7 heavy (non-hydrogen) atoms. The number of rotatable bonds is 1. The minimum Gasteiger partial charge on any atom is -0.175 e. The van der Waals surface area contributed by atoms with Crippen LogP contribution in [0.5, 0.6) is 0 Å². The number of thiol groups is 1. The predicted octanol–water partition coefficient (Wildman–Crippen LogP) is 2.10. The van der Waals surface area contributed by atoms with Gasteiger partial charge in [0.2, 0.25) is 0 Å². The molecule has 0 aromatic carbocycles. The molecule has 2 atom stereocenters. The first kappa shape index (κ1) is 5.49. The third-order valence-electron chi connectivity index (χ3n) is 2.11. The molecule has 0 spiro atoms. The molecule has 1 saturated carbocycles. The van der Waals surface area contributed by atoms with Crippen molar-refractivity contribution in [2.75, 3.05) is 0 Å². The van der Waals surface area contributed by atoms with Crippen molar-refractivity contribution >= 4 is 12.6 Å². The van der Waals surface area contributed by atoms with Crippen molar-refractivity contribution in [1.29, 1.82) is 0 Å². The summed E-state index contributed by atoms with van der Waals surface area (Å²) in [7, 11) is 0. The van der Waals surface area contributed by atoms with E-state index in [9.17, 15) is 0 Å². The third-order valence-corrected chi connectivity index (χ3v) is 2.92. The number of hydrogen-bond acceptors (Lipinski definition) is 1. The van der Waals surface area contributed by atoms with Gasteiger partial charge in [0, 0.05) is 5.25 Å². The normalized spacial score (nSPS) is 49.3. The Morgan fingerprint density at radius 3 is 2.29 bits per heavy atom. The minimum atomic E-state index is 0.614. The first-order valence-corrected chi connectivity index (χ1v) is 3.39. The maximum atomic E-state index is 4.34. The van der Waals surface area contributed by atoms with Gasteiger partial charge in [-0.15, -0.1) is 0 Å². The van der Waals surface area contributed by atoms with E-state index >= 15 is 0 Å². The highest BCUT2D eigenvalue weighted by Gasteiger charge is 2.45. The van der Waals surface area contributed by atoms with Gasteiger partial charge in [-0.05, 0) is 18.3 Å². The van der Waals surface area contributed by atoms with Crippen LogP contribution in [-0.2, 0) is 0 Å². The smallest absolute Gasteiger partial charge is 0.00765 e. The van der Waals surface area contributed by atoms with Crippen LogP contribution >= 0.6 is 12.6 Å². The molecule has 1 heteroatoms. The van der Waals surface area contributed by atoms with Crippen LogP contribution in [-0.4, -0.2) is 5.25 Å². The first-order chi connectivity index (χ1) is 3.19. The van der Waals surface area contributed by atoms with Crippen molar-refractivity contribution in [3.8, 4) is 0 Å². The van der Waals surface area contributed by atoms with Crippen molar-refractivity contribution in [1.82, 2.24) is 0 Å². The van der Waals surface area contributed by atoms with E-state index in [1.165, 1.54) is 12.8 Å². The van der Waals surface area contributed by atoms with Gasteiger partial charge in [0.1, 0.15) is 0 Å². The fraction of sp³-hybridized carbons (Fsp3) is 1.00. The molecule has 0 saturated heterocycles. The second-order valence-corrected chi connectivity index (χ2v) is 3.35.